The molecule has 0 aliphatic heterocycles. The molecule has 0 saturated carbocycles. The Morgan fingerprint density at radius 1 is 0.794 bits per heavy atom. The first-order chi connectivity index (χ1) is 16.3. The van der Waals surface area contributed by atoms with Crippen LogP contribution in [0.1, 0.15) is 23.1 Å². The summed E-state index contributed by atoms with van der Waals surface area (Å²) in [4.78, 5) is 12.8. The molecule has 0 heterocycles. The maximum atomic E-state index is 13.8. The van der Waals surface area contributed by atoms with Crippen molar-refractivity contribution in [3.63, 3.8) is 0 Å². The van der Waals surface area contributed by atoms with Crippen LogP contribution >= 0.6 is 0 Å². The van der Waals surface area contributed by atoms with Crippen LogP contribution in [0.5, 0.6) is 0 Å². The van der Waals surface area contributed by atoms with E-state index in [1.807, 2.05) is 92.7 Å². The van der Waals surface area contributed by atoms with E-state index in [9.17, 15) is 13.2 Å². The Balaban J connectivity index is 1.61. The van der Waals surface area contributed by atoms with E-state index in [4.69, 9.17) is 0 Å². The van der Waals surface area contributed by atoms with Gasteiger partial charge >= 0.3 is 0 Å². The van der Waals surface area contributed by atoms with Gasteiger partial charge in [-0.2, -0.15) is 0 Å². The molecule has 0 fully saturated rings. The Morgan fingerprint density at radius 3 is 2.15 bits per heavy atom. The van der Waals surface area contributed by atoms with Gasteiger partial charge in [-0.05, 0) is 65.6 Å². The number of nitrogens with zero attached hydrogens (tertiary/aromatic N) is 1. The van der Waals surface area contributed by atoms with E-state index in [0.717, 1.165) is 27.5 Å². The number of fused-ring (bicyclic) bond motifs is 1. The van der Waals surface area contributed by atoms with Gasteiger partial charge < -0.3 is 5.32 Å². The van der Waals surface area contributed by atoms with Crippen LogP contribution in [0.25, 0.3) is 10.8 Å². The van der Waals surface area contributed by atoms with Crippen molar-refractivity contribution in [1.29, 1.82) is 0 Å². The molecular weight excluding hydrogens is 444 g/mol. The fourth-order valence-electron chi connectivity index (χ4n) is 4.03. The van der Waals surface area contributed by atoms with Gasteiger partial charge in [-0.1, -0.05) is 66.7 Å². The van der Waals surface area contributed by atoms with Crippen LogP contribution in [0.3, 0.4) is 0 Å². The molecule has 0 aliphatic rings. The first-order valence-corrected chi connectivity index (χ1v) is 12.7. The van der Waals surface area contributed by atoms with E-state index in [2.05, 4.69) is 5.32 Å². The molecule has 0 atom stereocenters. The third-order valence-corrected chi connectivity index (χ3v) is 7.50. The molecule has 1 amide bonds. The molecule has 5 nitrogen and oxygen atoms in total. The lowest BCUT2D eigenvalue weighted by atomic mass is 10.1. The second kappa shape index (κ2) is 10.1. The van der Waals surface area contributed by atoms with Crippen molar-refractivity contribution < 1.29 is 13.2 Å². The van der Waals surface area contributed by atoms with Crippen LogP contribution in [0.2, 0.25) is 0 Å². The summed E-state index contributed by atoms with van der Waals surface area (Å²) in [6.07, 6.45) is 0.0482. The Kier molecular flexibility index (Phi) is 6.98. The van der Waals surface area contributed by atoms with Crippen LogP contribution < -0.4 is 9.62 Å². The predicted octanol–water partition coefficient (Wildman–Crippen LogP) is 5.36. The minimum absolute atomic E-state index is 0.0404. The van der Waals surface area contributed by atoms with E-state index >= 15 is 0 Å². The molecule has 0 aliphatic carbocycles. The van der Waals surface area contributed by atoms with Gasteiger partial charge in [-0.25, -0.2) is 8.42 Å². The summed E-state index contributed by atoms with van der Waals surface area (Å²) in [6, 6.07) is 28.1. The molecule has 0 bridgehead atoms. The summed E-state index contributed by atoms with van der Waals surface area (Å²) in [5, 5.41) is 4.71. The van der Waals surface area contributed by atoms with E-state index in [0.29, 0.717) is 12.2 Å². The molecular formula is C28H28N2O3S. The average Bonchev–Trinajstić information content (AvgIpc) is 2.82. The van der Waals surface area contributed by atoms with E-state index in [1.54, 1.807) is 12.1 Å². The van der Waals surface area contributed by atoms with Crippen LogP contribution in [-0.2, 0) is 21.4 Å². The lowest BCUT2D eigenvalue weighted by Gasteiger charge is -2.25. The van der Waals surface area contributed by atoms with Crippen LogP contribution in [0.15, 0.2) is 95.9 Å². The molecule has 4 aromatic carbocycles. The number of nitrogens with one attached hydrogen (secondary N) is 1. The Morgan fingerprint density at radius 2 is 1.44 bits per heavy atom. The van der Waals surface area contributed by atoms with E-state index in [1.165, 1.54) is 4.31 Å². The standard InChI is InChI=1S/C28H28N2O3S/c1-21-16-22(2)18-26(17-21)30(15-14-28(31)29-20-23-8-4-3-5-9-23)34(32,33)27-13-12-24-10-6-7-11-25(24)19-27/h3-13,16-19H,14-15,20H2,1-2H3,(H,29,31). The molecule has 0 saturated heterocycles. The van der Waals surface area contributed by atoms with Gasteiger partial charge in [-0.3, -0.25) is 9.10 Å². The summed E-state index contributed by atoms with van der Waals surface area (Å²) in [6.45, 7) is 4.31. The summed E-state index contributed by atoms with van der Waals surface area (Å²) in [5.74, 6) is -0.202. The summed E-state index contributed by atoms with van der Waals surface area (Å²) in [5.41, 5.74) is 3.47. The van der Waals surface area contributed by atoms with Crippen LogP contribution in [0, 0.1) is 13.8 Å². The molecule has 1 N–H and O–H groups in total. The molecule has 34 heavy (non-hydrogen) atoms. The lowest BCUT2D eigenvalue weighted by Crippen LogP contribution is -2.35. The van der Waals surface area contributed by atoms with Crippen molar-refractivity contribution >= 4 is 32.4 Å². The number of carbonyl (C=O) groups is 1. The molecule has 0 spiro atoms. The number of sulfonamides is 1. The fourth-order valence-corrected chi connectivity index (χ4v) is 5.51. The molecule has 0 unspecified atom stereocenters. The SMILES string of the molecule is Cc1cc(C)cc(N(CCC(=O)NCc2ccccc2)S(=O)(=O)c2ccc3ccccc3c2)c1. The summed E-state index contributed by atoms with van der Waals surface area (Å²) in [7, 11) is -3.89. The summed E-state index contributed by atoms with van der Waals surface area (Å²) < 4.78 is 28.9. The van der Waals surface area contributed by atoms with Gasteiger partial charge in [0.05, 0.1) is 10.6 Å². The van der Waals surface area contributed by atoms with Gasteiger partial charge in [0.25, 0.3) is 10.0 Å². The van der Waals surface area contributed by atoms with Crippen LogP contribution in [-0.4, -0.2) is 20.9 Å². The predicted molar refractivity (Wildman–Crippen MR) is 137 cm³/mol. The summed E-state index contributed by atoms with van der Waals surface area (Å²) >= 11 is 0. The number of hydrogen-bond acceptors (Lipinski definition) is 3. The number of carbonyl (C=O) groups excluding carboxylic acids is 1. The zero-order valence-electron chi connectivity index (χ0n) is 19.4. The second-order valence-corrected chi connectivity index (χ2v) is 10.3. The average molecular weight is 473 g/mol. The number of aryl methyl sites for hydroxylation is 2. The normalized spacial score (nSPS) is 11.4. The number of amides is 1. The number of benzene rings is 4. The Labute approximate surface area is 201 Å². The number of anilines is 1. The maximum Gasteiger partial charge on any atom is 0.264 e. The molecule has 0 radical (unpaired) electrons. The van der Waals surface area contributed by atoms with Crippen molar-refractivity contribution in [2.45, 2.75) is 31.7 Å². The van der Waals surface area contributed by atoms with Crippen molar-refractivity contribution in [3.8, 4) is 0 Å². The van der Waals surface area contributed by atoms with Gasteiger partial charge in [-0.15, -0.1) is 0 Å². The number of rotatable bonds is 8. The fraction of sp³-hybridized carbons (Fsp3) is 0.179. The Hall–Kier alpha value is -3.64. The van der Waals surface area contributed by atoms with Gasteiger partial charge in [0.15, 0.2) is 0 Å². The quantitative estimate of drug-likeness (QED) is 0.375. The molecule has 174 valence electrons. The highest BCUT2D eigenvalue weighted by Gasteiger charge is 2.26. The highest BCUT2D eigenvalue weighted by Crippen LogP contribution is 2.28. The minimum Gasteiger partial charge on any atom is -0.352 e. The molecule has 0 aromatic heterocycles. The smallest absolute Gasteiger partial charge is 0.264 e. The largest absolute Gasteiger partial charge is 0.352 e. The van der Waals surface area contributed by atoms with Gasteiger partial charge in [0.2, 0.25) is 5.91 Å². The van der Waals surface area contributed by atoms with Crippen molar-refractivity contribution in [2.75, 3.05) is 10.8 Å². The minimum atomic E-state index is -3.89. The second-order valence-electron chi connectivity index (χ2n) is 8.44. The van der Waals surface area contributed by atoms with Gasteiger partial charge in [0, 0.05) is 19.5 Å². The maximum absolute atomic E-state index is 13.8. The lowest BCUT2D eigenvalue weighted by molar-refractivity contribution is -0.121. The van der Waals surface area contributed by atoms with Crippen molar-refractivity contribution in [1.82, 2.24) is 5.32 Å². The highest BCUT2D eigenvalue weighted by atomic mass is 32.2. The monoisotopic (exact) mass is 472 g/mol. The van der Waals surface area contributed by atoms with E-state index in [-0.39, 0.29) is 23.8 Å². The van der Waals surface area contributed by atoms with Crippen molar-refractivity contribution in [3.05, 3.63) is 108 Å². The third-order valence-electron chi connectivity index (χ3n) is 5.68. The first kappa shape index (κ1) is 23.5. The van der Waals surface area contributed by atoms with Crippen molar-refractivity contribution in [2.24, 2.45) is 0 Å². The zero-order chi connectivity index (χ0) is 24.1. The molecule has 6 heteroatoms. The topological polar surface area (TPSA) is 66.5 Å². The Bertz CT molecular complexity index is 1400. The zero-order valence-corrected chi connectivity index (χ0v) is 20.2. The molecule has 4 rings (SSSR count). The third kappa shape index (κ3) is 5.46. The van der Waals surface area contributed by atoms with Crippen LogP contribution in [0.4, 0.5) is 5.69 Å². The van der Waals surface area contributed by atoms with E-state index < -0.39 is 10.0 Å². The first-order valence-electron chi connectivity index (χ1n) is 11.2. The molecule has 4 aromatic rings. The van der Waals surface area contributed by atoms with Gasteiger partial charge in [0.1, 0.15) is 0 Å². The highest BCUT2D eigenvalue weighted by molar-refractivity contribution is 7.92. The number of hydrogen-bond donors (Lipinski definition) is 1.